The molecule has 0 fully saturated rings. The molecule has 1 heterocycles. The molecule has 4 nitrogen and oxygen atoms in total. The van der Waals surface area contributed by atoms with E-state index in [1.54, 1.807) is 23.0 Å². The van der Waals surface area contributed by atoms with Crippen molar-refractivity contribution in [1.82, 2.24) is 9.78 Å². The summed E-state index contributed by atoms with van der Waals surface area (Å²) in [6, 6.07) is 17.1. The van der Waals surface area contributed by atoms with Gasteiger partial charge in [-0.1, -0.05) is 42.5 Å². The largest absolute Gasteiger partial charge is 0.238 e. The van der Waals surface area contributed by atoms with Crippen molar-refractivity contribution in [2.24, 2.45) is 5.18 Å². The SMILES string of the molecule is O=Nc1ccccc1-n1cc(-c2ccccc2)cn1. The monoisotopic (exact) mass is 249 g/mol. The molecule has 4 heteroatoms. The van der Waals surface area contributed by atoms with Crippen LogP contribution in [0.1, 0.15) is 0 Å². The molecule has 0 radical (unpaired) electrons. The third kappa shape index (κ3) is 2.15. The number of para-hydroxylation sites is 1. The highest BCUT2D eigenvalue weighted by Crippen LogP contribution is 2.25. The van der Waals surface area contributed by atoms with Gasteiger partial charge in [0.15, 0.2) is 0 Å². The van der Waals surface area contributed by atoms with Crippen molar-refractivity contribution >= 4 is 5.69 Å². The Labute approximate surface area is 110 Å². The van der Waals surface area contributed by atoms with Crippen molar-refractivity contribution in [2.75, 3.05) is 0 Å². The molecular formula is C15H11N3O. The van der Waals surface area contributed by atoms with Crippen molar-refractivity contribution in [1.29, 1.82) is 0 Å². The average Bonchev–Trinajstić information content (AvgIpc) is 2.98. The first-order valence-electron chi connectivity index (χ1n) is 5.91. The Morgan fingerprint density at radius 2 is 1.63 bits per heavy atom. The standard InChI is InChI=1S/C15H11N3O/c19-17-14-8-4-5-9-15(14)18-11-13(10-16-18)12-6-2-1-3-7-12/h1-11H. The number of hydrogen-bond acceptors (Lipinski definition) is 3. The summed E-state index contributed by atoms with van der Waals surface area (Å²) < 4.78 is 1.67. The van der Waals surface area contributed by atoms with Gasteiger partial charge in [0.1, 0.15) is 5.69 Å². The quantitative estimate of drug-likeness (QED) is 0.660. The van der Waals surface area contributed by atoms with Crippen LogP contribution in [0.2, 0.25) is 0 Å². The fourth-order valence-corrected chi connectivity index (χ4v) is 1.97. The van der Waals surface area contributed by atoms with Crippen molar-refractivity contribution in [3.8, 4) is 16.8 Å². The highest BCUT2D eigenvalue weighted by Gasteiger charge is 2.07. The predicted molar refractivity (Wildman–Crippen MR) is 74.5 cm³/mol. The van der Waals surface area contributed by atoms with Gasteiger partial charge >= 0.3 is 0 Å². The van der Waals surface area contributed by atoms with Crippen LogP contribution in [0, 0.1) is 4.91 Å². The first kappa shape index (κ1) is 11.3. The van der Waals surface area contributed by atoms with E-state index in [0.29, 0.717) is 11.4 Å². The van der Waals surface area contributed by atoms with Gasteiger partial charge in [-0.05, 0) is 22.9 Å². The molecule has 0 aliphatic heterocycles. The number of nitrogens with zero attached hydrogens (tertiary/aromatic N) is 3. The molecule has 0 saturated heterocycles. The van der Waals surface area contributed by atoms with Gasteiger partial charge in [-0.25, -0.2) is 4.68 Å². The molecule has 2 aromatic carbocycles. The summed E-state index contributed by atoms with van der Waals surface area (Å²) in [7, 11) is 0. The molecule has 0 amide bonds. The van der Waals surface area contributed by atoms with E-state index in [-0.39, 0.29) is 0 Å². The highest BCUT2D eigenvalue weighted by atomic mass is 16.3. The maximum Gasteiger partial charge on any atom is 0.133 e. The number of aromatic nitrogens is 2. The van der Waals surface area contributed by atoms with E-state index < -0.39 is 0 Å². The molecule has 0 bridgehead atoms. The van der Waals surface area contributed by atoms with E-state index in [0.717, 1.165) is 11.1 Å². The Bertz CT molecular complexity index is 704. The smallest absolute Gasteiger partial charge is 0.133 e. The van der Waals surface area contributed by atoms with Crippen molar-refractivity contribution in [3.63, 3.8) is 0 Å². The van der Waals surface area contributed by atoms with E-state index in [1.165, 1.54) is 0 Å². The zero-order valence-corrected chi connectivity index (χ0v) is 10.1. The molecule has 0 spiro atoms. The summed E-state index contributed by atoms with van der Waals surface area (Å²) in [5.74, 6) is 0. The van der Waals surface area contributed by atoms with Crippen LogP contribution in [0.5, 0.6) is 0 Å². The van der Waals surface area contributed by atoms with Gasteiger partial charge in [0.2, 0.25) is 0 Å². The van der Waals surface area contributed by atoms with E-state index in [9.17, 15) is 4.91 Å². The fraction of sp³-hybridized carbons (Fsp3) is 0. The first-order valence-corrected chi connectivity index (χ1v) is 5.91. The van der Waals surface area contributed by atoms with Crippen LogP contribution in [0.15, 0.2) is 72.2 Å². The molecule has 0 aliphatic carbocycles. The van der Waals surface area contributed by atoms with Gasteiger partial charge < -0.3 is 0 Å². The van der Waals surface area contributed by atoms with E-state index >= 15 is 0 Å². The molecule has 0 unspecified atom stereocenters. The summed E-state index contributed by atoms with van der Waals surface area (Å²) >= 11 is 0. The van der Waals surface area contributed by atoms with Crippen LogP contribution < -0.4 is 0 Å². The topological polar surface area (TPSA) is 47.2 Å². The Balaban J connectivity index is 2.04. The average molecular weight is 249 g/mol. The predicted octanol–water partition coefficient (Wildman–Crippen LogP) is 3.94. The molecular weight excluding hydrogens is 238 g/mol. The molecule has 0 aliphatic rings. The van der Waals surface area contributed by atoms with Crippen molar-refractivity contribution in [2.45, 2.75) is 0 Å². The molecule has 19 heavy (non-hydrogen) atoms. The number of benzene rings is 2. The number of nitroso groups, excluding NO2 is 1. The zero-order valence-electron chi connectivity index (χ0n) is 10.1. The summed E-state index contributed by atoms with van der Waals surface area (Å²) in [4.78, 5) is 10.8. The van der Waals surface area contributed by atoms with Crippen LogP contribution in [0.3, 0.4) is 0 Å². The lowest BCUT2D eigenvalue weighted by Crippen LogP contribution is -1.93. The first-order chi connectivity index (χ1) is 9.38. The summed E-state index contributed by atoms with van der Waals surface area (Å²) in [5, 5.41) is 7.31. The zero-order chi connectivity index (χ0) is 13.1. The molecule has 3 aromatic rings. The Morgan fingerprint density at radius 1 is 0.895 bits per heavy atom. The third-order valence-corrected chi connectivity index (χ3v) is 2.92. The van der Waals surface area contributed by atoms with Gasteiger partial charge in [-0.3, -0.25) is 0 Å². The van der Waals surface area contributed by atoms with Crippen LogP contribution in [-0.4, -0.2) is 9.78 Å². The van der Waals surface area contributed by atoms with Crippen molar-refractivity contribution in [3.05, 3.63) is 71.9 Å². The van der Waals surface area contributed by atoms with Crippen LogP contribution >= 0.6 is 0 Å². The lowest BCUT2D eigenvalue weighted by molar-refractivity contribution is 0.880. The molecule has 1 aromatic heterocycles. The Kier molecular flexibility index (Phi) is 2.90. The minimum absolute atomic E-state index is 0.380. The minimum Gasteiger partial charge on any atom is -0.238 e. The molecule has 92 valence electrons. The minimum atomic E-state index is 0.380. The molecule has 0 atom stereocenters. The molecule has 3 rings (SSSR count). The normalized spacial score (nSPS) is 10.3. The highest BCUT2D eigenvalue weighted by molar-refractivity contribution is 5.63. The van der Waals surface area contributed by atoms with Crippen molar-refractivity contribution < 1.29 is 0 Å². The molecule has 0 saturated carbocycles. The van der Waals surface area contributed by atoms with Gasteiger partial charge in [-0.2, -0.15) is 5.10 Å². The summed E-state index contributed by atoms with van der Waals surface area (Å²) in [6.45, 7) is 0. The van der Waals surface area contributed by atoms with Gasteiger partial charge in [0.05, 0.1) is 11.9 Å². The second kappa shape index (κ2) is 4.86. The molecule has 0 N–H and O–H groups in total. The van der Waals surface area contributed by atoms with E-state index in [4.69, 9.17) is 0 Å². The lowest BCUT2D eigenvalue weighted by Gasteiger charge is -2.02. The summed E-state index contributed by atoms with van der Waals surface area (Å²) in [5.41, 5.74) is 3.15. The third-order valence-electron chi connectivity index (χ3n) is 2.92. The fourth-order valence-electron chi connectivity index (χ4n) is 1.97. The van der Waals surface area contributed by atoms with Gasteiger partial charge in [0.25, 0.3) is 0 Å². The Morgan fingerprint density at radius 3 is 2.42 bits per heavy atom. The van der Waals surface area contributed by atoms with Crippen LogP contribution in [-0.2, 0) is 0 Å². The van der Waals surface area contributed by atoms with Crippen LogP contribution in [0.4, 0.5) is 5.69 Å². The summed E-state index contributed by atoms with van der Waals surface area (Å²) in [6.07, 6.45) is 3.66. The van der Waals surface area contributed by atoms with Gasteiger partial charge in [-0.15, -0.1) is 4.91 Å². The Hall–Kier alpha value is -2.75. The number of rotatable bonds is 3. The second-order valence-electron chi connectivity index (χ2n) is 4.12. The lowest BCUT2D eigenvalue weighted by atomic mass is 10.1. The maximum atomic E-state index is 10.8. The second-order valence-corrected chi connectivity index (χ2v) is 4.12. The van der Waals surface area contributed by atoms with E-state index in [2.05, 4.69) is 10.3 Å². The maximum absolute atomic E-state index is 10.8. The van der Waals surface area contributed by atoms with Crippen LogP contribution in [0.25, 0.3) is 16.8 Å². The van der Waals surface area contributed by atoms with Gasteiger partial charge in [0, 0.05) is 11.8 Å². The van der Waals surface area contributed by atoms with E-state index in [1.807, 2.05) is 48.7 Å². The number of hydrogen-bond donors (Lipinski definition) is 0.